The number of carbonyl (C=O) groups is 2. The fourth-order valence-electron chi connectivity index (χ4n) is 3.58. The summed E-state index contributed by atoms with van der Waals surface area (Å²) in [4.78, 5) is 28.9. The van der Waals surface area contributed by atoms with Gasteiger partial charge >= 0.3 is 0 Å². The summed E-state index contributed by atoms with van der Waals surface area (Å²) in [6, 6.07) is -0.123. The zero-order chi connectivity index (χ0) is 18.7. The molecule has 3 N–H and O–H groups in total. The van der Waals surface area contributed by atoms with Gasteiger partial charge in [-0.25, -0.2) is 0 Å². The van der Waals surface area contributed by atoms with Crippen LogP contribution in [0.2, 0.25) is 0 Å². The molecule has 0 aliphatic carbocycles. The van der Waals surface area contributed by atoms with E-state index in [-0.39, 0.29) is 35.2 Å². The second-order valence-electron chi connectivity index (χ2n) is 9.14. The lowest BCUT2D eigenvalue weighted by atomic mass is 9.84. The molecule has 0 bridgehead atoms. The van der Waals surface area contributed by atoms with Crippen LogP contribution in [-0.4, -0.2) is 53.3 Å². The van der Waals surface area contributed by atoms with Crippen molar-refractivity contribution >= 4 is 11.8 Å². The molecule has 0 radical (unpaired) electrons. The van der Waals surface area contributed by atoms with E-state index in [9.17, 15) is 9.59 Å². The molecule has 0 saturated carbocycles. The summed E-state index contributed by atoms with van der Waals surface area (Å²) in [5.74, 6) is 0.965. The first-order valence-electron chi connectivity index (χ1n) is 9.33. The van der Waals surface area contributed by atoms with Crippen molar-refractivity contribution in [1.82, 2.24) is 9.80 Å². The molecule has 0 spiro atoms. The lowest BCUT2D eigenvalue weighted by Gasteiger charge is -2.41. The van der Waals surface area contributed by atoms with Crippen molar-refractivity contribution in [2.75, 3.05) is 19.6 Å². The molecular weight excluding hydrogens is 302 g/mol. The molecule has 1 heterocycles. The molecule has 0 unspecified atom stereocenters. The highest BCUT2D eigenvalue weighted by Gasteiger charge is 2.34. The van der Waals surface area contributed by atoms with Crippen LogP contribution in [0.1, 0.15) is 61.3 Å². The van der Waals surface area contributed by atoms with Gasteiger partial charge < -0.3 is 15.5 Å². The minimum Gasteiger partial charge on any atom is -0.347 e. The Kier molecular flexibility index (Phi) is 7.26. The summed E-state index contributed by atoms with van der Waals surface area (Å²) in [6.07, 6.45) is 1.64. The predicted octanol–water partition coefficient (Wildman–Crippen LogP) is 1.77. The molecule has 3 atom stereocenters. The van der Waals surface area contributed by atoms with Gasteiger partial charge in [-0.1, -0.05) is 41.5 Å². The van der Waals surface area contributed by atoms with E-state index in [0.29, 0.717) is 32.0 Å². The van der Waals surface area contributed by atoms with Crippen molar-refractivity contribution < 1.29 is 15.3 Å². The third-order valence-electron chi connectivity index (χ3n) is 4.87. The van der Waals surface area contributed by atoms with Gasteiger partial charge in [0.1, 0.15) is 0 Å². The number of quaternary nitrogens is 1. The summed E-state index contributed by atoms with van der Waals surface area (Å²) < 4.78 is 0. The Labute approximate surface area is 147 Å². The average molecular weight is 341 g/mol. The van der Waals surface area contributed by atoms with Gasteiger partial charge in [-0.15, -0.1) is 0 Å². The maximum Gasteiger partial charge on any atom is 0.281 e. The summed E-state index contributed by atoms with van der Waals surface area (Å²) in [5.41, 5.74) is 4.24. The average Bonchev–Trinajstić information content (AvgIpc) is 2.42. The molecular formula is C19H38N3O2+. The third-order valence-corrected chi connectivity index (χ3v) is 4.87. The fourth-order valence-corrected chi connectivity index (χ4v) is 3.58. The number of piperazine rings is 1. The number of amides is 2. The van der Waals surface area contributed by atoms with Crippen molar-refractivity contribution in [3.05, 3.63) is 0 Å². The first-order chi connectivity index (χ1) is 10.9. The van der Waals surface area contributed by atoms with E-state index in [2.05, 4.69) is 33.4 Å². The zero-order valence-electron chi connectivity index (χ0n) is 16.8. The number of hydrogen-bond acceptors (Lipinski definition) is 2. The Morgan fingerprint density at radius 1 is 1.17 bits per heavy atom. The standard InChI is InChI=1S/C19H37N3O2/c1-13(2)17(20)18(24)21-8-9-22(15(4)12-21)16(23)10-14(3)11-19(5,6)7/h13-15,17H,8-12,20H2,1-7H3/p+1/t14-,15-,17+/m0/s1. The maximum absolute atomic E-state index is 12.6. The molecule has 1 fully saturated rings. The predicted molar refractivity (Wildman–Crippen MR) is 97.1 cm³/mol. The topological polar surface area (TPSA) is 68.3 Å². The number of carbonyl (C=O) groups excluding carboxylic acids is 2. The molecule has 1 rings (SSSR count). The third kappa shape index (κ3) is 6.08. The summed E-state index contributed by atoms with van der Waals surface area (Å²) >= 11 is 0. The molecule has 0 aromatic heterocycles. The van der Waals surface area contributed by atoms with E-state index in [1.54, 1.807) is 0 Å². The van der Waals surface area contributed by atoms with Crippen molar-refractivity contribution in [2.45, 2.75) is 73.4 Å². The molecule has 0 aromatic rings. The van der Waals surface area contributed by atoms with Crippen LogP contribution in [0.5, 0.6) is 0 Å². The van der Waals surface area contributed by atoms with Gasteiger partial charge in [0.15, 0.2) is 6.04 Å². The molecule has 1 aliphatic heterocycles. The monoisotopic (exact) mass is 340 g/mol. The Morgan fingerprint density at radius 3 is 2.21 bits per heavy atom. The van der Waals surface area contributed by atoms with Crippen LogP contribution < -0.4 is 5.73 Å². The smallest absolute Gasteiger partial charge is 0.281 e. The Balaban J connectivity index is 2.57. The first-order valence-corrected chi connectivity index (χ1v) is 9.33. The van der Waals surface area contributed by atoms with E-state index in [1.165, 1.54) is 0 Å². The fraction of sp³-hybridized carbons (Fsp3) is 0.895. The first kappa shape index (κ1) is 20.9. The van der Waals surface area contributed by atoms with Crippen molar-refractivity contribution in [1.29, 1.82) is 0 Å². The van der Waals surface area contributed by atoms with Crippen LogP contribution in [0.3, 0.4) is 0 Å². The Morgan fingerprint density at radius 2 is 1.75 bits per heavy atom. The summed E-state index contributed by atoms with van der Waals surface area (Å²) in [7, 11) is 0. The summed E-state index contributed by atoms with van der Waals surface area (Å²) in [6.45, 7) is 16.8. The maximum atomic E-state index is 12.6. The highest BCUT2D eigenvalue weighted by atomic mass is 16.2. The van der Waals surface area contributed by atoms with Crippen LogP contribution in [0.25, 0.3) is 0 Å². The summed E-state index contributed by atoms with van der Waals surface area (Å²) in [5, 5.41) is 0. The molecule has 5 heteroatoms. The number of nitrogens with zero attached hydrogens (tertiary/aromatic N) is 2. The number of rotatable bonds is 5. The highest BCUT2D eigenvalue weighted by Crippen LogP contribution is 2.27. The van der Waals surface area contributed by atoms with Crippen LogP contribution in [0, 0.1) is 17.3 Å². The van der Waals surface area contributed by atoms with Gasteiger partial charge in [0.05, 0.1) is 0 Å². The Bertz CT molecular complexity index is 442. The largest absolute Gasteiger partial charge is 0.347 e. The van der Waals surface area contributed by atoms with E-state index in [4.69, 9.17) is 0 Å². The van der Waals surface area contributed by atoms with Gasteiger partial charge in [0.25, 0.3) is 5.91 Å². The molecule has 24 heavy (non-hydrogen) atoms. The zero-order valence-corrected chi connectivity index (χ0v) is 16.8. The van der Waals surface area contributed by atoms with Crippen LogP contribution in [0.4, 0.5) is 0 Å². The minimum absolute atomic E-state index is 0.0800. The SMILES string of the molecule is CC(C)[C@@H]([NH3+])C(=O)N1CCN(C(=O)C[C@H](C)CC(C)(C)C)[C@@H](C)C1. The van der Waals surface area contributed by atoms with Crippen LogP contribution in [0.15, 0.2) is 0 Å². The van der Waals surface area contributed by atoms with E-state index in [0.717, 1.165) is 6.42 Å². The molecule has 0 aromatic carbocycles. The lowest BCUT2D eigenvalue weighted by molar-refractivity contribution is -0.416. The molecule has 2 amide bonds. The second-order valence-corrected chi connectivity index (χ2v) is 9.14. The van der Waals surface area contributed by atoms with E-state index < -0.39 is 0 Å². The van der Waals surface area contributed by atoms with E-state index >= 15 is 0 Å². The van der Waals surface area contributed by atoms with Gasteiger partial charge in [-0.2, -0.15) is 0 Å². The quantitative estimate of drug-likeness (QED) is 0.829. The molecule has 1 saturated heterocycles. The van der Waals surface area contributed by atoms with Gasteiger partial charge in [-0.05, 0) is 24.7 Å². The molecule has 5 nitrogen and oxygen atoms in total. The van der Waals surface area contributed by atoms with Crippen LogP contribution >= 0.6 is 0 Å². The Hall–Kier alpha value is -1.10. The number of hydrogen-bond donors (Lipinski definition) is 1. The van der Waals surface area contributed by atoms with Gasteiger partial charge in [0.2, 0.25) is 5.91 Å². The molecule has 1 aliphatic rings. The van der Waals surface area contributed by atoms with E-state index in [1.807, 2.05) is 30.6 Å². The normalized spacial score (nSPS) is 21.8. The van der Waals surface area contributed by atoms with Gasteiger partial charge in [-0.3, -0.25) is 9.59 Å². The molecule has 140 valence electrons. The lowest BCUT2D eigenvalue weighted by Crippen LogP contribution is -2.71. The van der Waals surface area contributed by atoms with Gasteiger partial charge in [0, 0.05) is 38.0 Å². The van der Waals surface area contributed by atoms with Crippen LogP contribution in [-0.2, 0) is 9.59 Å². The van der Waals surface area contributed by atoms with Crippen molar-refractivity contribution in [2.24, 2.45) is 17.3 Å². The minimum atomic E-state index is -0.203. The van der Waals surface area contributed by atoms with Crippen molar-refractivity contribution in [3.63, 3.8) is 0 Å². The van der Waals surface area contributed by atoms with Crippen molar-refractivity contribution in [3.8, 4) is 0 Å². The highest BCUT2D eigenvalue weighted by molar-refractivity contribution is 5.81. The second kappa shape index (κ2) is 8.32.